The minimum absolute atomic E-state index is 0.152. The number of benzene rings is 1. The molecular formula is C21H26N4O3S. The molecule has 1 fully saturated rings. The number of rotatable bonds is 7. The summed E-state index contributed by atoms with van der Waals surface area (Å²) in [6.45, 7) is 5.39. The second kappa shape index (κ2) is 9.65. The van der Waals surface area contributed by atoms with Crippen LogP contribution in [0.4, 0.5) is 10.8 Å². The Morgan fingerprint density at radius 3 is 2.79 bits per heavy atom. The predicted molar refractivity (Wildman–Crippen MR) is 118 cm³/mol. The van der Waals surface area contributed by atoms with E-state index in [1.54, 1.807) is 37.7 Å². The number of methoxy groups -OCH3 is 1. The molecule has 1 aliphatic rings. The molecule has 0 bridgehead atoms. The van der Waals surface area contributed by atoms with Gasteiger partial charge < -0.3 is 19.7 Å². The predicted octanol–water partition coefficient (Wildman–Crippen LogP) is 4.04. The molecule has 1 aromatic carbocycles. The Morgan fingerprint density at radius 2 is 2.17 bits per heavy atom. The van der Waals surface area contributed by atoms with Crippen molar-refractivity contribution >= 4 is 50.8 Å². The molecule has 1 N–H and O–H groups in total. The average Bonchev–Trinajstić information content (AvgIpc) is 3.15. The Labute approximate surface area is 174 Å². The number of hydrogen-bond acceptors (Lipinski definition) is 7. The van der Waals surface area contributed by atoms with Crippen LogP contribution in [0.2, 0.25) is 0 Å². The van der Waals surface area contributed by atoms with Crippen molar-refractivity contribution in [1.82, 2.24) is 4.98 Å². The molecule has 8 heteroatoms. The number of aliphatic imine (C=N–C) groups is 1. The second-order valence-corrected chi connectivity index (χ2v) is 7.83. The highest BCUT2D eigenvalue weighted by atomic mass is 32.1. The van der Waals surface area contributed by atoms with Gasteiger partial charge in [0.15, 0.2) is 5.13 Å². The maximum absolute atomic E-state index is 12.6. The molecular weight excluding hydrogens is 388 g/mol. The van der Waals surface area contributed by atoms with Crippen molar-refractivity contribution in [2.45, 2.75) is 33.1 Å². The largest absolute Gasteiger partial charge is 0.494 e. The molecule has 3 rings (SSSR count). The standard InChI is InChI=1S/C21H26N4O3S/c1-4-6-15(22-5-2)20(27)23-16-12-19-17(11-18(16)28-3)24-21(29-19)25-9-7-14(13-26)8-10-25/h5-6,11-14H,4,7-10H2,1-3H3,(H,23,27)/b15-6-,22-5?. The van der Waals surface area contributed by atoms with Crippen molar-refractivity contribution in [2.24, 2.45) is 10.9 Å². The van der Waals surface area contributed by atoms with Crippen molar-refractivity contribution < 1.29 is 14.3 Å². The third-order valence-electron chi connectivity index (χ3n) is 4.85. The number of ether oxygens (including phenoxy) is 1. The van der Waals surface area contributed by atoms with E-state index in [0.29, 0.717) is 17.1 Å². The summed E-state index contributed by atoms with van der Waals surface area (Å²) in [5, 5.41) is 3.83. The van der Waals surface area contributed by atoms with Crippen molar-refractivity contribution in [1.29, 1.82) is 0 Å². The zero-order valence-corrected chi connectivity index (χ0v) is 17.8. The van der Waals surface area contributed by atoms with Crippen molar-refractivity contribution in [3.63, 3.8) is 0 Å². The number of piperidine rings is 1. The van der Waals surface area contributed by atoms with E-state index in [1.807, 2.05) is 19.1 Å². The number of aldehydes is 1. The number of aromatic nitrogens is 1. The first-order chi connectivity index (χ1) is 14.1. The van der Waals surface area contributed by atoms with Gasteiger partial charge in [-0.1, -0.05) is 24.3 Å². The van der Waals surface area contributed by atoms with E-state index in [-0.39, 0.29) is 11.8 Å². The molecule has 1 saturated heterocycles. The summed E-state index contributed by atoms with van der Waals surface area (Å²) in [5.41, 5.74) is 1.79. The summed E-state index contributed by atoms with van der Waals surface area (Å²) in [5.74, 6) is 0.431. The number of carbonyl (C=O) groups excluding carboxylic acids is 2. The normalized spacial score (nSPS) is 15.8. The van der Waals surface area contributed by atoms with Crippen LogP contribution in [0, 0.1) is 5.92 Å². The molecule has 2 heterocycles. The number of thiazole rings is 1. The number of nitrogens with one attached hydrogen (secondary N) is 1. The molecule has 0 atom stereocenters. The lowest BCUT2D eigenvalue weighted by atomic mass is 9.99. The number of anilines is 2. The number of fused-ring (bicyclic) bond motifs is 1. The van der Waals surface area contributed by atoms with E-state index >= 15 is 0 Å². The van der Waals surface area contributed by atoms with Crippen LogP contribution in [-0.2, 0) is 9.59 Å². The van der Waals surface area contributed by atoms with E-state index in [9.17, 15) is 9.59 Å². The first kappa shape index (κ1) is 21.0. The SMILES string of the molecule is CC=N/C(=C\CC)C(=O)Nc1cc2sc(N3CCC(C=O)CC3)nc2cc1OC. The number of nitrogens with zero attached hydrogens (tertiary/aromatic N) is 3. The molecule has 0 unspecified atom stereocenters. The minimum atomic E-state index is -0.275. The third kappa shape index (κ3) is 4.82. The van der Waals surface area contributed by atoms with Crippen molar-refractivity contribution in [3.8, 4) is 5.75 Å². The number of hydrogen-bond donors (Lipinski definition) is 1. The Balaban J connectivity index is 1.86. The Hall–Kier alpha value is -2.74. The van der Waals surface area contributed by atoms with Gasteiger partial charge in [0.2, 0.25) is 0 Å². The van der Waals surface area contributed by atoms with Gasteiger partial charge in [0.25, 0.3) is 5.91 Å². The van der Waals surface area contributed by atoms with E-state index < -0.39 is 0 Å². The van der Waals surface area contributed by atoms with Gasteiger partial charge in [0, 0.05) is 31.3 Å². The maximum atomic E-state index is 12.6. The van der Waals surface area contributed by atoms with Gasteiger partial charge in [-0.25, -0.2) is 4.98 Å². The van der Waals surface area contributed by atoms with Crippen LogP contribution >= 0.6 is 11.3 Å². The summed E-state index contributed by atoms with van der Waals surface area (Å²) in [7, 11) is 1.57. The molecule has 0 radical (unpaired) electrons. The molecule has 29 heavy (non-hydrogen) atoms. The Kier molecular flexibility index (Phi) is 6.98. The molecule has 7 nitrogen and oxygen atoms in total. The fraction of sp³-hybridized carbons (Fsp3) is 0.429. The van der Waals surface area contributed by atoms with Crippen LogP contribution in [0.5, 0.6) is 5.75 Å². The van der Waals surface area contributed by atoms with Gasteiger partial charge in [-0.05, 0) is 32.3 Å². The van der Waals surface area contributed by atoms with Crippen molar-refractivity contribution in [2.75, 3.05) is 30.4 Å². The minimum Gasteiger partial charge on any atom is -0.494 e. The highest BCUT2D eigenvalue weighted by molar-refractivity contribution is 7.22. The first-order valence-corrected chi connectivity index (χ1v) is 10.6. The highest BCUT2D eigenvalue weighted by Gasteiger charge is 2.22. The number of allylic oxidation sites excluding steroid dienone is 1. The monoisotopic (exact) mass is 414 g/mol. The van der Waals surface area contributed by atoms with E-state index in [4.69, 9.17) is 9.72 Å². The second-order valence-electron chi connectivity index (χ2n) is 6.82. The zero-order valence-electron chi connectivity index (χ0n) is 17.0. The van der Waals surface area contributed by atoms with Gasteiger partial charge in [0.1, 0.15) is 17.7 Å². The quantitative estimate of drug-likeness (QED) is 0.420. The van der Waals surface area contributed by atoms with Crippen molar-refractivity contribution in [3.05, 3.63) is 23.9 Å². The molecule has 1 amide bonds. The van der Waals surface area contributed by atoms with Crippen LogP contribution in [0.15, 0.2) is 28.9 Å². The molecule has 1 aromatic heterocycles. The smallest absolute Gasteiger partial charge is 0.274 e. The summed E-state index contributed by atoms with van der Waals surface area (Å²) in [4.78, 5) is 34.7. The van der Waals surface area contributed by atoms with Crippen LogP contribution in [0.3, 0.4) is 0 Å². The summed E-state index contributed by atoms with van der Waals surface area (Å²) < 4.78 is 6.44. The Bertz CT molecular complexity index is 943. The van der Waals surface area contributed by atoms with Gasteiger partial charge >= 0.3 is 0 Å². The summed E-state index contributed by atoms with van der Waals surface area (Å²) >= 11 is 1.58. The summed E-state index contributed by atoms with van der Waals surface area (Å²) in [6, 6.07) is 3.74. The van der Waals surface area contributed by atoms with Gasteiger partial charge in [-0.15, -0.1) is 0 Å². The van der Waals surface area contributed by atoms with Crippen LogP contribution in [-0.4, -0.2) is 43.6 Å². The molecule has 0 saturated carbocycles. The lowest BCUT2D eigenvalue weighted by Crippen LogP contribution is -2.33. The van der Waals surface area contributed by atoms with E-state index in [0.717, 1.165) is 54.0 Å². The third-order valence-corrected chi connectivity index (χ3v) is 5.93. The fourth-order valence-electron chi connectivity index (χ4n) is 3.29. The van der Waals surface area contributed by atoms with Crippen LogP contribution in [0.25, 0.3) is 10.2 Å². The molecule has 0 aliphatic carbocycles. The molecule has 2 aromatic rings. The molecule has 0 spiro atoms. The summed E-state index contributed by atoms with van der Waals surface area (Å²) in [6.07, 6.45) is 6.87. The maximum Gasteiger partial charge on any atom is 0.274 e. The molecule has 154 valence electrons. The van der Waals surface area contributed by atoms with Crippen LogP contribution in [0.1, 0.15) is 33.1 Å². The number of carbonyl (C=O) groups is 2. The van der Waals surface area contributed by atoms with Crippen LogP contribution < -0.4 is 15.0 Å². The first-order valence-electron chi connectivity index (χ1n) is 9.78. The van der Waals surface area contributed by atoms with Gasteiger partial charge in [-0.2, -0.15) is 0 Å². The topological polar surface area (TPSA) is 83.9 Å². The highest BCUT2D eigenvalue weighted by Crippen LogP contribution is 2.37. The fourth-order valence-corrected chi connectivity index (χ4v) is 4.33. The van der Waals surface area contributed by atoms with Gasteiger partial charge in [-0.3, -0.25) is 9.79 Å². The molecule has 1 aliphatic heterocycles. The lowest BCUT2D eigenvalue weighted by Gasteiger charge is -2.29. The average molecular weight is 415 g/mol. The zero-order chi connectivity index (χ0) is 20.8. The van der Waals surface area contributed by atoms with E-state index in [2.05, 4.69) is 15.2 Å². The van der Waals surface area contributed by atoms with E-state index in [1.165, 1.54) is 0 Å². The van der Waals surface area contributed by atoms with Gasteiger partial charge in [0.05, 0.1) is 23.0 Å². The number of amides is 1. The Morgan fingerprint density at radius 1 is 1.41 bits per heavy atom. The lowest BCUT2D eigenvalue weighted by molar-refractivity contribution is -0.113.